The molecule has 6 aromatic rings. The van der Waals surface area contributed by atoms with Gasteiger partial charge in [-0.2, -0.15) is 0 Å². The topological polar surface area (TPSA) is 95.8 Å². The van der Waals surface area contributed by atoms with Crippen molar-refractivity contribution in [3.63, 3.8) is 0 Å². The third-order valence-corrected chi connectivity index (χ3v) is 6.79. The van der Waals surface area contributed by atoms with Crippen LogP contribution in [0.1, 0.15) is 34.2 Å². The molecule has 0 aromatic carbocycles. The van der Waals surface area contributed by atoms with Gasteiger partial charge in [-0.05, 0) is 86.6 Å². The van der Waals surface area contributed by atoms with Crippen molar-refractivity contribution in [1.29, 1.82) is 0 Å². The Morgan fingerprint density at radius 1 is 0.341 bits per heavy atom. The summed E-state index contributed by atoms with van der Waals surface area (Å²) in [6.07, 6.45) is 0. The summed E-state index contributed by atoms with van der Waals surface area (Å²) in [5.41, 5.74) is 10.1. The molecule has 0 radical (unpaired) electrons. The Morgan fingerprint density at radius 3 is 0.864 bits per heavy atom. The average Bonchev–Trinajstić information content (AvgIpc) is 3.05. The first-order valence-corrected chi connectivity index (χ1v) is 14.5. The maximum absolute atomic E-state index is 5.98. The number of rotatable bonds is 11. The van der Waals surface area contributed by atoms with E-state index in [1.54, 1.807) is 0 Å². The molecule has 0 aliphatic rings. The molecule has 6 heterocycles. The third-order valence-electron chi connectivity index (χ3n) is 6.79. The summed E-state index contributed by atoms with van der Waals surface area (Å²) >= 11 is 0. The van der Waals surface area contributed by atoms with Crippen molar-refractivity contribution < 1.29 is 9.47 Å². The van der Waals surface area contributed by atoms with Crippen LogP contribution in [0.4, 0.5) is 0 Å². The lowest BCUT2D eigenvalue weighted by Gasteiger charge is -2.09. The Hall–Kier alpha value is -5.18. The highest BCUT2D eigenvalue weighted by Crippen LogP contribution is 2.19. The second-order valence-corrected chi connectivity index (χ2v) is 10.4. The highest BCUT2D eigenvalue weighted by Gasteiger charge is 2.08. The SMILES string of the molecule is Cc1cccc(-c2cccc(COCc3cccc(-c4cccc(COCc5cccc(-c6cccc(C)n6)n5)n4)n3)n2)n1. The Bertz CT molecular complexity index is 1740. The highest BCUT2D eigenvalue weighted by molar-refractivity contribution is 5.55. The molecule has 0 saturated carbocycles. The summed E-state index contributed by atoms with van der Waals surface area (Å²) < 4.78 is 12.0. The van der Waals surface area contributed by atoms with E-state index in [0.29, 0.717) is 26.4 Å². The lowest BCUT2D eigenvalue weighted by atomic mass is 10.2. The number of hydrogen-bond donors (Lipinski definition) is 0. The van der Waals surface area contributed by atoms with Gasteiger partial charge in [-0.3, -0.25) is 9.97 Å². The average molecular weight is 581 g/mol. The van der Waals surface area contributed by atoms with E-state index in [4.69, 9.17) is 29.4 Å². The molecule has 0 atom stereocenters. The van der Waals surface area contributed by atoms with E-state index in [1.165, 1.54) is 0 Å². The molecule has 6 aromatic heterocycles. The van der Waals surface area contributed by atoms with Crippen LogP contribution in [0.15, 0.2) is 109 Å². The molecule has 8 nitrogen and oxygen atoms in total. The lowest BCUT2D eigenvalue weighted by molar-refractivity contribution is 0.102. The molecule has 0 bridgehead atoms. The van der Waals surface area contributed by atoms with Gasteiger partial charge in [0.25, 0.3) is 0 Å². The number of hydrogen-bond acceptors (Lipinski definition) is 8. The van der Waals surface area contributed by atoms with E-state index in [9.17, 15) is 0 Å². The maximum atomic E-state index is 5.98. The molecule has 0 unspecified atom stereocenters. The largest absolute Gasteiger partial charge is 0.369 e. The highest BCUT2D eigenvalue weighted by atomic mass is 16.5. The molecular weight excluding hydrogens is 548 g/mol. The van der Waals surface area contributed by atoms with Crippen LogP contribution in [-0.2, 0) is 35.9 Å². The van der Waals surface area contributed by atoms with E-state index in [1.807, 2.05) is 123 Å². The molecule has 0 fully saturated rings. The van der Waals surface area contributed by atoms with Crippen LogP contribution in [0.3, 0.4) is 0 Å². The zero-order valence-corrected chi connectivity index (χ0v) is 24.7. The summed E-state index contributed by atoms with van der Waals surface area (Å²) in [6, 6.07) is 35.4. The van der Waals surface area contributed by atoms with Crippen molar-refractivity contribution in [3.05, 3.63) is 143 Å². The van der Waals surface area contributed by atoms with E-state index in [-0.39, 0.29) is 0 Å². The minimum absolute atomic E-state index is 0.357. The van der Waals surface area contributed by atoms with Crippen LogP contribution in [0.25, 0.3) is 34.2 Å². The van der Waals surface area contributed by atoms with Gasteiger partial charge in [0.2, 0.25) is 0 Å². The first kappa shape index (κ1) is 28.9. The first-order chi connectivity index (χ1) is 21.6. The first-order valence-electron chi connectivity index (χ1n) is 14.5. The number of aromatic nitrogens is 6. The van der Waals surface area contributed by atoms with Crippen molar-refractivity contribution >= 4 is 0 Å². The fraction of sp³-hybridized carbons (Fsp3) is 0.167. The van der Waals surface area contributed by atoms with E-state index >= 15 is 0 Å². The molecule has 8 heteroatoms. The van der Waals surface area contributed by atoms with Gasteiger partial charge < -0.3 is 9.47 Å². The molecule has 0 aliphatic heterocycles. The molecule has 0 amide bonds. The van der Waals surface area contributed by atoms with Crippen molar-refractivity contribution in [2.75, 3.05) is 0 Å². The van der Waals surface area contributed by atoms with Crippen molar-refractivity contribution in [3.8, 4) is 34.2 Å². The van der Waals surface area contributed by atoms with Crippen LogP contribution < -0.4 is 0 Å². The van der Waals surface area contributed by atoms with E-state index in [2.05, 4.69) is 9.97 Å². The van der Waals surface area contributed by atoms with Crippen LogP contribution in [0.5, 0.6) is 0 Å². The zero-order chi connectivity index (χ0) is 30.1. The molecule has 0 saturated heterocycles. The van der Waals surface area contributed by atoms with Crippen molar-refractivity contribution in [2.45, 2.75) is 40.3 Å². The number of pyridine rings is 6. The summed E-state index contributed by atoms with van der Waals surface area (Å²) in [5, 5.41) is 0. The Morgan fingerprint density at radius 2 is 0.591 bits per heavy atom. The standard InChI is InChI=1S/C36H32N6O2/c1-25-9-3-15-31(37-25)33-17-5-11-27(39-33)21-43-23-29-13-7-19-35(41-29)36-20-8-14-30(42-36)24-44-22-28-12-6-18-34(40-28)32-16-4-10-26(2)38-32/h3-20H,21-24H2,1-2H3. The van der Waals surface area contributed by atoms with E-state index < -0.39 is 0 Å². The zero-order valence-electron chi connectivity index (χ0n) is 24.7. The van der Waals surface area contributed by atoms with Gasteiger partial charge in [-0.1, -0.05) is 36.4 Å². The Labute approximate surface area is 256 Å². The van der Waals surface area contributed by atoms with Crippen LogP contribution >= 0.6 is 0 Å². The Balaban J connectivity index is 1.04. The smallest absolute Gasteiger partial charge is 0.0893 e. The Kier molecular flexibility index (Phi) is 9.11. The van der Waals surface area contributed by atoms with Gasteiger partial charge in [0.15, 0.2) is 0 Å². The summed E-state index contributed by atoms with van der Waals surface area (Å²) in [7, 11) is 0. The fourth-order valence-corrected chi connectivity index (χ4v) is 4.70. The molecule has 6 rings (SSSR count). The molecular formula is C36H32N6O2. The van der Waals surface area contributed by atoms with Crippen LogP contribution in [0.2, 0.25) is 0 Å². The fourth-order valence-electron chi connectivity index (χ4n) is 4.70. The van der Waals surface area contributed by atoms with Gasteiger partial charge in [-0.15, -0.1) is 0 Å². The van der Waals surface area contributed by atoms with Crippen LogP contribution in [-0.4, -0.2) is 29.9 Å². The monoisotopic (exact) mass is 580 g/mol. The van der Waals surface area contributed by atoms with Crippen molar-refractivity contribution in [2.24, 2.45) is 0 Å². The van der Waals surface area contributed by atoms with Gasteiger partial charge in [0.1, 0.15) is 0 Å². The summed E-state index contributed by atoms with van der Waals surface area (Å²) in [6.45, 7) is 5.40. The number of nitrogens with zero attached hydrogens (tertiary/aromatic N) is 6. The van der Waals surface area contributed by atoms with E-state index in [0.717, 1.165) is 68.3 Å². The van der Waals surface area contributed by atoms with Crippen LogP contribution in [0, 0.1) is 13.8 Å². The molecule has 0 aliphatic carbocycles. The number of ether oxygens (including phenoxy) is 2. The third kappa shape index (κ3) is 7.60. The van der Waals surface area contributed by atoms with Crippen molar-refractivity contribution in [1.82, 2.24) is 29.9 Å². The van der Waals surface area contributed by atoms with Gasteiger partial charge in [-0.25, -0.2) is 19.9 Å². The second kappa shape index (κ2) is 13.9. The van der Waals surface area contributed by atoms with Gasteiger partial charge in [0.05, 0.1) is 83.4 Å². The predicted octanol–water partition coefficient (Wildman–Crippen LogP) is 7.11. The quantitative estimate of drug-likeness (QED) is 0.160. The molecule has 44 heavy (non-hydrogen) atoms. The maximum Gasteiger partial charge on any atom is 0.0893 e. The summed E-state index contributed by atoms with van der Waals surface area (Å²) in [5.74, 6) is 0. The van der Waals surface area contributed by atoms with Gasteiger partial charge >= 0.3 is 0 Å². The van der Waals surface area contributed by atoms with Gasteiger partial charge in [0, 0.05) is 11.4 Å². The molecule has 0 spiro atoms. The second-order valence-electron chi connectivity index (χ2n) is 10.4. The minimum atomic E-state index is 0.357. The molecule has 218 valence electrons. The number of aryl methyl sites for hydroxylation is 2. The summed E-state index contributed by atoms with van der Waals surface area (Å²) in [4.78, 5) is 28.2. The lowest BCUT2D eigenvalue weighted by Crippen LogP contribution is -2.02. The predicted molar refractivity (Wildman–Crippen MR) is 169 cm³/mol. The molecule has 0 N–H and O–H groups in total. The minimum Gasteiger partial charge on any atom is -0.369 e. The normalized spacial score (nSPS) is 11.0.